The lowest BCUT2D eigenvalue weighted by Gasteiger charge is -1.89. The van der Waals surface area contributed by atoms with E-state index in [-0.39, 0.29) is 0 Å². The van der Waals surface area contributed by atoms with Gasteiger partial charge in [-0.3, -0.25) is 4.98 Å². The van der Waals surface area contributed by atoms with Gasteiger partial charge in [0.05, 0.1) is 0 Å². The summed E-state index contributed by atoms with van der Waals surface area (Å²) < 4.78 is 0. The quantitative estimate of drug-likeness (QED) is 0.636. The molecule has 0 aliphatic rings. The summed E-state index contributed by atoms with van der Waals surface area (Å²) in [6, 6.07) is 3.82. The minimum Gasteiger partial charge on any atom is -0.264 e. The predicted octanol–water partition coefficient (Wildman–Crippen LogP) is 1.40. The van der Waals surface area contributed by atoms with Crippen molar-refractivity contribution in [3.05, 3.63) is 30.0 Å². The fraction of sp³-hybridized carbons (Fsp3) is 0. The number of aromatic nitrogens is 3. The monoisotopic (exact) mass is 162 g/mol. The largest absolute Gasteiger partial charge is 0.264 e. The number of hydrogen-bond acceptors (Lipinski definition) is 4. The van der Waals surface area contributed by atoms with Crippen molar-refractivity contribution in [2.75, 3.05) is 0 Å². The summed E-state index contributed by atoms with van der Waals surface area (Å²) in [5.41, 5.74) is 3.67. The molecule has 1 radical (unpaired) electrons. The smallest absolute Gasteiger partial charge is 0.178 e. The van der Waals surface area contributed by atoms with E-state index in [0.29, 0.717) is 0 Å². The summed E-state index contributed by atoms with van der Waals surface area (Å²) in [4.78, 5) is 3.97. The molecule has 0 aliphatic heterocycles. The molecule has 11 heavy (non-hydrogen) atoms. The first-order chi connectivity index (χ1) is 5.47. The van der Waals surface area contributed by atoms with Gasteiger partial charge in [0.1, 0.15) is 5.01 Å². The van der Waals surface area contributed by atoms with Crippen LogP contribution >= 0.6 is 11.3 Å². The lowest BCUT2D eigenvalue weighted by Crippen LogP contribution is -1.76. The maximum atomic E-state index is 3.97. The molecule has 2 aromatic rings. The molecule has 2 heterocycles. The molecule has 53 valence electrons. The van der Waals surface area contributed by atoms with Crippen LogP contribution in [0.4, 0.5) is 0 Å². The van der Waals surface area contributed by atoms with Crippen molar-refractivity contribution < 1.29 is 0 Å². The molecule has 2 aromatic heterocycles. The summed E-state index contributed by atoms with van der Waals surface area (Å²) >= 11 is 1.39. The van der Waals surface area contributed by atoms with Crippen LogP contribution in [0.2, 0.25) is 0 Å². The molecule has 0 atom stereocenters. The van der Waals surface area contributed by atoms with E-state index in [1.807, 2.05) is 12.1 Å². The Morgan fingerprint density at radius 1 is 1.45 bits per heavy atom. The molecule has 0 bridgehead atoms. The Morgan fingerprint density at radius 2 is 2.45 bits per heavy atom. The number of nitrogens with zero attached hydrogens (tertiary/aromatic N) is 3. The topological polar surface area (TPSA) is 38.7 Å². The Kier molecular flexibility index (Phi) is 1.61. The van der Waals surface area contributed by atoms with Crippen LogP contribution < -0.4 is 0 Å². The lowest BCUT2D eigenvalue weighted by atomic mass is 10.3. The van der Waals surface area contributed by atoms with E-state index in [4.69, 9.17) is 0 Å². The molecule has 0 N–H and O–H groups in total. The Morgan fingerprint density at radius 3 is 3.09 bits per heavy atom. The van der Waals surface area contributed by atoms with Gasteiger partial charge in [-0.25, -0.2) is 0 Å². The Balaban J connectivity index is 2.46. The standard InChI is InChI=1S/C7H4N3S/c1-2-6(4-8-3-1)7-10-9-5-11-7/h1-4H. The first kappa shape index (κ1) is 6.42. The van der Waals surface area contributed by atoms with E-state index in [1.54, 1.807) is 12.4 Å². The minimum absolute atomic E-state index is 0.859. The number of rotatable bonds is 1. The maximum Gasteiger partial charge on any atom is 0.178 e. The second kappa shape index (κ2) is 2.75. The highest BCUT2D eigenvalue weighted by atomic mass is 32.1. The number of hydrogen-bond donors (Lipinski definition) is 0. The van der Waals surface area contributed by atoms with Crippen molar-refractivity contribution in [3.8, 4) is 10.6 Å². The van der Waals surface area contributed by atoms with Crippen LogP contribution in [0.5, 0.6) is 0 Å². The molecule has 3 nitrogen and oxygen atoms in total. The molecule has 2 rings (SSSR count). The highest BCUT2D eigenvalue weighted by Gasteiger charge is 1.98. The van der Waals surface area contributed by atoms with E-state index in [1.165, 1.54) is 11.3 Å². The van der Waals surface area contributed by atoms with Gasteiger partial charge in [-0.1, -0.05) is 11.3 Å². The fourth-order valence-corrected chi connectivity index (χ4v) is 1.24. The third-order valence-corrected chi connectivity index (χ3v) is 1.92. The van der Waals surface area contributed by atoms with Crippen LogP contribution in [-0.4, -0.2) is 15.2 Å². The van der Waals surface area contributed by atoms with E-state index in [9.17, 15) is 0 Å². The van der Waals surface area contributed by atoms with Gasteiger partial charge in [0.15, 0.2) is 5.51 Å². The van der Waals surface area contributed by atoms with Crippen LogP contribution in [-0.2, 0) is 0 Å². The summed E-state index contributed by atoms with van der Waals surface area (Å²) in [7, 11) is 0. The molecule has 0 spiro atoms. The Bertz CT molecular complexity index is 317. The average molecular weight is 162 g/mol. The first-order valence-electron chi connectivity index (χ1n) is 3.07. The second-order valence-electron chi connectivity index (χ2n) is 1.94. The van der Waals surface area contributed by atoms with Crippen LogP contribution in [0.15, 0.2) is 24.5 Å². The van der Waals surface area contributed by atoms with Gasteiger partial charge in [0, 0.05) is 18.0 Å². The van der Waals surface area contributed by atoms with Crippen molar-refractivity contribution in [2.45, 2.75) is 0 Å². The Hall–Kier alpha value is -1.29. The van der Waals surface area contributed by atoms with Crippen molar-refractivity contribution in [1.29, 1.82) is 0 Å². The lowest BCUT2D eigenvalue weighted by molar-refractivity contribution is 1.09. The molecular formula is C7H4N3S. The van der Waals surface area contributed by atoms with Gasteiger partial charge >= 0.3 is 0 Å². The van der Waals surface area contributed by atoms with E-state index < -0.39 is 0 Å². The second-order valence-corrected chi connectivity index (χ2v) is 2.71. The van der Waals surface area contributed by atoms with Gasteiger partial charge in [-0.2, -0.15) is 0 Å². The zero-order chi connectivity index (χ0) is 7.52. The molecule has 4 heteroatoms. The van der Waals surface area contributed by atoms with Crippen LogP contribution in [0.3, 0.4) is 0 Å². The SMILES string of the molecule is [c]1nnc(-c2cccnc2)s1. The molecule has 0 unspecified atom stereocenters. The molecule has 0 saturated heterocycles. The first-order valence-corrected chi connectivity index (χ1v) is 3.88. The normalized spacial score (nSPS) is 9.82. The summed E-state index contributed by atoms with van der Waals surface area (Å²) in [6.07, 6.45) is 3.49. The molecule has 0 fully saturated rings. The third-order valence-electron chi connectivity index (χ3n) is 1.23. The predicted molar refractivity (Wildman–Crippen MR) is 42.0 cm³/mol. The van der Waals surface area contributed by atoms with Crippen molar-refractivity contribution in [2.24, 2.45) is 0 Å². The highest BCUT2D eigenvalue weighted by Crippen LogP contribution is 2.17. The van der Waals surface area contributed by atoms with Crippen LogP contribution in [0.25, 0.3) is 10.6 Å². The van der Waals surface area contributed by atoms with E-state index in [2.05, 4.69) is 20.7 Å². The van der Waals surface area contributed by atoms with Gasteiger partial charge < -0.3 is 0 Å². The van der Waals surface area contributed by atoms with Crippen molar-refractivity contribution >= 4 is 11.3 Å². The maximum absolute atomic E-state index is 3.97. The van der Waals surface area contributed by atoms with E-state index in [0.717, 1.165) is 10.6 Å². The molecule has 0 amide bonds. The molecule has 0 aliphatic carbocycles. The van der Waals surface area contributed by atoms with Gasteiger partial charge in [0.25, 0.3) is 0 Å². The molecule has 0 aromatic carbocycles. The molecule has 0 saturated carbocycles. The van der Waals surface area contributed by atoms with Gasteiger partial charge in [0.2, 0.25) is 0 Å². The zero-order valence-electron chi connectivity index (χ0n) is 5.56. The van der Waals surface area contributed by atoms with Crippen molar-refractivity contribution in [3.63, 3.8) is 0 Å². The summed E-state index contributed by atoms with van der Waals surface area (Å²) in [6.45, 7) is 0. The summed E-state index contributed by atoms with van der Waals surface area (Å²) in [5, 5.41) is 8.33. The van der Waals surface area contributed by atoms with E-state index >= 15 is 0 Å². The Labute approximate surface area is 67.8 Å². The number of pyridine rings is 1. The average Bonchev–Trinajstić information content (AvgIpc) is 2.58. The minimum atomic E-state index is 0.859. The highest BCUT2D eigenvalue weighted by molar-refractivity contribution is 7.12. The van der Waals surface area contributed by atoms with Crippen LogP contribution in [0.1, 0.15) is 0 Å². The fourth-order valence-electron chi connectivity index (χ4n) is 0.756. The van der Waals surface area contributed by atoms with Gasteiger partial charge in [-0.05, 0) is 12.1 Å². The summed E-state index contributed by atoms with van der Waals surface area (Å²) in [5.74, 6) is 0. The third kappa shape index (κ3) is 1.25. The molecular weight excluding hydrogens is 158 g/mol. The van der Waals surface area contributed by atoms with Crippen LogP contribution in [0, 0.1) is 5.51 Å². The van der Waals surface area contributed by atoms with Gasteiger partial charge in [-0.15, -0.1) is 10.2 Å². The zero-order valence-corrected chi connectivity index (χ0v) is 6.38. The van der Waals surface area contributed by atoms with Crippen molar-refractivity contribution in [1.82, 2.24) is 15.2 Å².